The number of aliphatic hydroxyl groups is 1. The van der Waals surface area contributed by atoms with Crippen LogP contribution in [0.25, 0.3) is 0 Å². The quantitative estimate of drug-likeness (QED) is 0.768. The second-order valence-electron chi connectivity index (χ2n) is 5.44. The zero-order valence-electron chi connectivity index (χ0n) is 11.7. The average Bonchev–Trinajstić information content (AvgIpc) is 2.38. The summed E-state index contributed by atoms with van der Waals surface area (Å²) >= 11 is 0. The van der Waals surface area contributed by atoms with Crippen molar-refractivity contribution in [1.82, 2.24) is 14.0 Å². The highest BCUT2D eigenvalue weighted by Crippen LogP contribution is 2.18. The first-order valence-electron chi connectivity index (χ1n) is 6.56. The van der Waals surface area contributed by atoms with Crippen molar-refractivity contribution in [2.24, 2.45) is 20.0 Å². The van der Waals surface area contributed by atoms with Gasteiger partial charge in [0.25, 0.3) is 5.56 Å². The minimum atomic E-state index is -0.336. The first-order valence-corrected chi connectivity index (χ1v) is 6.56. The van der Waals surface area contributed by atoms with Crippen LogP contribution in [-0.4, -0.2) is 38.3 Å². The van der Waals surface area contributed by atoms with Crippen molar-refractivity contribution in [3.8, 4) is 0 Å². The number of β-amino-alcohol motifs (C(OH)–C–C–N with tert-alkyl or cyclic N) is 1. The van der Waals surface area contributed by atoms with Crippen molar-refractivity contribution >= 4 is 0 Å². The second kappa shape index (κ2) is 5.30. The molecule has 2 rings (SSSR count). The lowest BCUT2D eigenvalue weighted by Gasteiger charge is -2.34. The van der Waals surface area contributed by atoms with Gasteiger partial charge in [-0.05, 0) is 18.9 Å². The van der Waals surface area contributed by atoms with Gasteiger partial charge >= 0.3 is 5.69 Å². The summed E-state index contributed by atoms with van der Waals surface area (Å²) in [5.74, 6) is 0.309. The molecule has 0 aliphatic carbocycles. The summed E-state index contributed by atoms with van der Waals surface area (Å²) in [6.07, 6.45) is 0.595. The first kappa shape index (κ1) is 14.0. The Morgan fingerprint density at radius 1 is 1.32 bits per heavy atom. The number of likely N-dealkylation sites (tertiary alicyclic amines) is 1. The van der Waals surface area contributed by atoms with Crippen LogP contribution < -0.4 is 11.2 Å². The monoisotopic (exact) mass is 267 g/mol. The van der Waals surface area contributed by atoms with Gasteiger partial charge in [0.1, 0.15) is 0 Å². The molecule has 2 heterocycles. The SMILES string of the molecule is CC1CCN(Cc2cc(=O)n(C)c(=O)n2C)CC1O. The van der Waals surface area contributed by atoms with Gasteiger partial charge in [-0.2, -0.15) is 0 Å². The molecule has 19 heavy (non-hydrogen) atoms. The van der Waals surface area contributed by atoms with E-state index in [0.717, 1.165) is 17.5 Å². The lowest BCUT2D eigenvalue weighted by atomic mass is 9.96. The van der Waals surface area contributed by atoms with Crippen molar-refractivity contribution in [3.05, 3.63) is 32.6 Å². The smallest absolute Gasteiger partial charge is 0.330 e. The van der Waals surface area contributed by atoms with E-state index in [9.17, 15) is 14.7 Å². The van der Waals surface area contributed by atoms with Crippen LogP contribution >= 0.6 is 0 Å². The molecule has 6 heteroatoms. The highest BCUT2D eigenvalue weighted by Gasteiger charge is 2.24. The molecule has 1 fully saturated rings. The van der Waals surface area contributed by atoms with Crippen molar-refractivity contribution < 1.29 is 5.11 Å². The fraction of sp³-hybridized carbons (Fsp3) is 0.692. The Kier molecular flexibility index (Phi) is 3.91. The van der Waals surface area contributed by atoms with Crippen LogP contribution in [-0.2, 0) is 20.6 Å². The van der Waals surface area contributed by atoms with E-state index in [1.54, 1.807) is 7.05 Å². The van der Waals surface area contributed by atoms with Gasteiger partial charge in [0, 0.05) is 38.9 Å². The Bertz CT molecular complexity index is 575. The minimum absolute atomic E-state index is 0.288. The van der Waals surface area contributed by atoms with E-state index in [-0.39, 0.29) is 17.4 Å². The number of aromatic nitrogens is 2. The molecule has 0 aromatic carbocycles. The molecule has 2 atom stereocenters. The molecule has 1 aliphatic rings. The zero-order valence-corrected chi connectivity index (χ0v) is 11.7. The molecule has 0 amide bonds. The number of aliphatic hydroxyl groups excluding tert-OH is 1. The zero-order chi connectivity index (χ0) is 14.2. The van der Waals surface area contributed by atoms with E-state index in [4.69, 9.17) is 0 Å². The Morgan fingerprint density at radius 3 is 2.63 bits per heavy atom. The highest BCUT2D eigenvalue weighted by atomic mass is 16.3. The molecule has 1 aromatic rings. The van der Waals surface area contributed by atoms with Crippen molar-refractivity contribution in [3.63, 3.8) is 0 Å². The summed E-state index contributed by atoms with van der Waals surface area (Å²) in [7, 11) is 3.14. The number of piperidine rings is 1. The molecule has 0 saturated carbocycles. The van der Waals surface area contributed by atoms with Gasteiger partial charge in [-0.15, -0.1) is 0 Å². The van der Waals surface area contributed by atoms with E-state index < -0.39 is 0 Å². The van der Waals surface area contributed by atoms with Gasteiger partial charge < -0.3 is 5.11 Å². The third kappa shape index (κ3) is 2.79. The van der Waals surface area contributed by atoms with Crippen LogP contribution in [0.4, 0.5) is 0 Å². The Balaban J connectivity index is 2.21. The largest absolute Gasteiger partial charge is 0.392 e. The van der Waals surface area contributed by atoms with Crippen LogP contribution in [0.2, 0.25) is 0 Å². The standard InChI is InChI=1S/C13H21N3O3/c1-9-4-5-16(8-11(9)17)7-10-6-12(18)15(3)13(19)14(10)2/h6,9,11,17H,4-5,7-8H2,1-3H3. The summed E-state index contributed by atoms with van der Waals surface area (Å²) in [6, 6.07) is 1.49. The molecule has 1 aliphatic heterocycles. The third-order valence-electron chi connectivity index (χ3n) is 4.01. The average molecular weight is 267 g/mol. The molecule has 106 valence electrons. The summed E-state index contributed by atoms with van der Waals surface area (Å²) < 4.78 is 2.59. The second-order valence-corrected chi connectivity index (χ2v) is 5.44. The fourth-order valence-electron chi connectivity index (χ4n) is 2.42. The lowest BCUT2D eigenvalue weighted by Crippen LogP contribution is -2.44. The molecular weight excluding hydrogens is 246 g/mol. The van der Waals surface area contributed by atoms with Crippen molar-refractivity contribution in [1.29, 1.82) is 0 Å². The predicted molar refractivity (Wildman–Crippen MR) is 72.0 cm³/mol. The number of nitrogens with zero attached hydrogens (tertiary/aromatic N) is 3. The van der Waals surface area contributed by atoms with Gasteiger partial charge in [-0.1, -0.05) is 6.92 Å². The fourth-order valence-corrected chi connectivity index (χ4v) is 2.42. The van der Waals surface area contributed by atoms with E-state index in [1.807, 2.05) is 6.92 Å². The summed E-state index contributed by atoms with van der Waals surface area (Å²) in [5.41, 5.74) is 0.0901. The molecule has 0 bridgehead atoms. The van der Waals surface area contributed by atoms with Gasteiger partial charge in [0.2, 0.25) is 0 Å². The summed E-state index contributed by atoms with van der Waals surface area (Å²) in [5, 5.41) is 9.87. The molecule has 0 radical (unpaired) electrons. The van der Waals surface area contributed by atoms with E-state index in [2.05, 4.69) is 4.90 Å². The first-order chi connectivity index (χ1) is 8.90. The minimum Gasteiger partial charge on any atom is -0.392 e. The molecule has 1 aromatic heterocycles. The summed E-state index contributed by atoms with van der Waals surface area (Å²) in [4.78, 5) is 25.6. The van der Waals surface area contributed by atoms with Crippen LogP contribution in [0.5, 0.6) is 0 Å². The van der Waals surface area contributed by atoms with E-state index >= 15 is 0 Å². The number of rotatable bonds is 2. The van der Waals surface area contributed by atoms with Gasteiger partial charge in [-0.3, -0.25) is 18.8 Å². The molecule has 1 N–H and O–H groups in total. The third-order valence-corrected chi connectivity index (χ3v) is 4.01. The Labute approximate surface area is 111 Å². The van der Waals surface area contributed by atoms with E-state index in [0.29, 0.717) is 24.7 Å². The van der Waals surface area contributed by atoms with E-state index in [1.165, 1.54) is 17.7 Å². The molecular formula is C13H21N3O3. The van der Waals surface area contributed by atoms with Gasteiger partial charge in [-0.25, -0.2) is 4.79 Å². The Morgan fingerprint density at radius 2 is 2.00 bits per heavy atom. The lowest BCUT2D eigenvalue weighted by molar-refractivity contribution is 0.0249. The van der Waals surface area contributed by atoms with Crippen molar-refractivity contribution in [2.45, 2.75) is 26.0 Å². The number of hydrogen-bond acceptors (Lipinski definition) is 4. The molecule has 1 saturated heterocycles. The van der Waals surface area contributed by atoms with Crippen LogP contribution in [0.1, 0.15) is 19.0 Å². The topological polar surface area (TPSA) is 67.5 Å². The number of hydrogen-bond donors (Lipinski definition) is 1. The Hall–Kier alpha value is -1.40. The van der Waals surface area contributed by atoms with Crippen LogP contribution in [0.3, 0.4) is 0 Å². The maximum Gasteiger partial charge on any atom is 0.330 e. The maximum atomic E-state index is 11.8. The normalized spacial score (nSPS) is 24.6. The van der Waals surface area contributed by atoms with Crippen molar-refractivity contribution in [2.75, 3.05) is 13.1 Å². The van der Waals surface area contributed by atoms with Gasteiger partial charge in [0.15, 0.2) is 0 Å². The molecule has 2 unspecified atom stereocenters. The predicted octanol–water partition coefficient (Wildman–Crippen LogP) is -0.713. The molecule has 0 spiro atoms. The van der Waals surface area contributed by atoms with Gasteiger partial charge in [0.05, 0.1) is 6.10 Å². The molecule has 6 nitrogen and oxygen atoms in total. The highest BCUT2D eigenvalue weighted by molar-refractivity contribution is 5.02. The summed E-state index contributed by atoms with van der Waals surface area (Å²) in [6.45, 7) is 4.02. The van der Waals surface area contributed by atoms with Crippen LogP contribution in [0, 0.1) is 5.92 Å². The van der Waals surface area contributed by atoms with Crippen LogP contribution in [0.15, 0.2) is 15.7 Å². The maximum absolute atomic E-state index is 11.8.